The van der Waals surface area contributed by atoms with E-state index in [-0.39, 0.29) is 17.6 Å². The molecule has 1 aliphatic carbocycles. The Kier molecular flexibility index (Phi) is 6.62. The molecular weight excluding hydrogens is 315 g/mol. The molecule has 0 unspecified atom stereocenters. The van der Waals surface area contributed by atoms with Crippen molar-refractivity contribution < 1.29 is 9.18 Å². The predicted molar refractivity (Wildman–Crippen MR) is 98.6 cm³/mol. The second-order valence-electron chi connectivity index (χ2n) is 7.35. The molecule has 1 N–H and O–H groups in total. The molecular formula is C21H29FN2O. The Morgan fingerprint density at radius 2 is 2.20 bits per heavy atom. The van der Waals surface area contributed by atoms with Gasteiger partial charge in [0.2, 0.25) is 5.91 Å². The van der Waals surface area contributed by atoms with Crippen molar-refractivity contribution in [3.05, 3.63) is 47.3 Å². The van der Waals surface area contributed by atoms with Gasteiger partial charge in [-0.15, -0.1) is 0 Å². The molecule has 0 saturated carbocycles. The zero-order chi connectivity index (χ0) is 17.5. The molecule has 0 spiro atoms. The van der Waals surface area contributed by atoms with Gasteiger partial charge in [0.25, 0.3) is 0 Å². The third-order valence-corrected chi connectivity index (χ3v) is 5.30. The number of carbonyl (C=O) groups excluding carboxylic acids is 1. The van der Waals surface area contributed by atoms with Crippen molar-refractivity contribution in [3.8, 4) is 0 Å². The van der Waals surface area contributed by atoms with E-state index >= 15 is 0 Å². The molecule has 1 aromatic rings. The van der Waals surface area contributed by atoms with E-state index in [1.807, 2.05) is 6.07 Å². The number of rotatable bonds is 6. The van der Waals surface area contributed by atoms with Crippen LogP contribution in [0.5, 0.6) is 0 Å². The minimum Gasteiger partial charge on any atom is -0.356 e. The van der Waals surface area contributed by atoms with E-state index in [4.69, 9.17) is 0 Å². The summed E-state index contributed by atoms with van der Waals surface area (Å²) in [5, 5.41) is 3.13. The lowest BCUT2D eigenvalue weighted by molar-refractivity contribution is -0.126. The Morgan fingerprint density at radius 1 is 1.28 bits per heavy atom. The van der Waals surface area contributed by atoms with E-state index in [0.717, 1.165) is 44.5 Å². The molecule has 136 valence electrons. The van der Waals surface area contributed by atoms with Gasteiger partial charge in [0.15, 0.2) is 0 Å². The summed E-state index contributed by atoms with van der Waals surface area (Å²) in [6, 6.07) is 6.75. The van der Waals surface area contributed by atoms with Crippen LogP contribution in [0.25, 0.3) is 0 Å². The number of benzene rings is 1. The van der Waals surface area contributed by atoms with Gasteiger partial charge in [0, 0.05) is 19.6 Å². The zero-order valence-electron chi connectivity index (χ0n) is 15.0. The topological polar surface area (TPSA) is 32.3 Å². The lowest BCUT2D eigenvalue weighted by Crippen LogP contribution is -2.43. The Labute approximate surface area is 150 Å². The number of likely N-dealkylation sites (tertiary alicyclic amines) is 1. The molecule has 1 atom stereocenters. The average molecular weight is 344 g/mol. The summed E-state index contributed by atoms with van der Waals surface area (Å²) in [6.45, 7) is 3.22. The summed E-state index contributed by atoms with van der Waals surface area (Å²) in [4.78, 5) is 14.7. The maximum absolute atomic E-state index is 13.3. The predicted octanol–water partition coefficient (Wildman–Crippen LogP) is 4.04. The van der Waals surface area contributed by atoms with Gasteiger partial charge in [0.05, 0.1) is 5.92 Å². The molecule has 0 bridgehead atoms. The van der Waals surface area contributed by atoms with Crippen LogP contribution < -0.4 is 5.32 Å². The third kappa shape index (κ3) is 5.67. The molecule has 1 saturated heterocycles. The van der Waals surface area contributed by atoms with Crippen LogP contribution in [0.4, 0.5) is 4.39 Å². The number of piperidine rings is 1. The number of carbonyl (C=O) groups is 1. The molecule has 2 aliphatic rings. The van der Waals surface area contributed by atoms with Gasteiger partial charge < -0.3 is 5.32 Å². The first kappa shape index (κ1) is 18.1. The van der Waals surface area contributed by atoms with Crippen LogP contribution in [0.2, 0.25) is 0 Å². The number of amides is 1. The van der Waals surface area contributed by atoms with Gasteiger partial charge >= 0.3 is 0 Å². The molecule has 25 heavy (non-hydrogen) atoms. The van der Waals surface area contributed by atoms with Crippen LogP contribution in [0.3, 0.4) is 0 Å². The number of halogens is 1. The van der Waals surface area contributed by atoms with E-state index in [1.54, 1.807) is 12.1 Å². The summed E-state index contributed by atoms with van der Waals surface area (Å²) in [7, 11) is 0. The maximum Gasteiger partial charge on any atom is 0.224 e. The first-order valence-corrected chi connectivity index (χ1v) is 9.63. The van der Waals surface area contributed by atoms with Gasteiger partial charge in [-0.25, -0.2) is 4.39 Å². The van der Waals surface area contributed by atoms with Crippen LogP contribution in [0.15, 0.2) is 35.9 Å². The Morgan fingerprint density at radius 3 is 3.00 bits per heavy atom. The fourth-order valence-corrected chi connectivity index (χ4v) is 3.93. The van der Waals surface area contributed by atoms with Crippen LogP contribution in [0.1, 0.15) is 50.5 Å². The van der Waals surface area contributed by atoms with E-state index in [9.17, 15) is 9.18 Å². The Hall–Kier alpha value is -1.68. The fraction of sp³-hybridized carbons (Fsp3) is 0.571. The molecule has 1 aromatic carbocycles. The number of nitrogens with zero attached hydrogens (tertiary/aromatic N) is 1. The summed E-state index contributed by atoms with van der Waals surface area (Å²) in [6.07, 6.45) is 10.3. The largest absolute Gasteiger partial charge is 0.356 e. The SMILES string of the molecule is O=C(NCCC1=CCCCC1)[C@H]1CCCN(Cc2cccc(F)c2)C1. The number of allylic oxidation sites excluding steroid dienone is 1. The first-order valence-electron chi connectivity index (χ1n) is 9.63. The average Bonchev–Trinajstić information content (AvgIpc) is 2.63. The van der Waals surface area contributed by atoms with Crippen molar-refractivity contribution in [2.45, 2.75) is 51.5 Å². The smallest absolute Gasteiger partial charge is 0.224 e. The van der Waals surface area contributed by atoms with Crippen molar-refractivity contribution in [2.24, 2.45) is 5.92 Å². The summed E-state index contributed by atoms with van der Waals surface area (Å²) >= 11 is 0. The zero-order valence-corrected chi connectivity index (χ0v) is 15.0. The summed E-state index contributed by atoms with van der Waals surface area (Å²) < 4.78 is 13.3. The highest BCUT2D eigenvalue weighted by molar-refractivity contribution is 5.78. The molecule has 1 aliphatic heterocycles. The van der Waals surface area contributed by atoms with E-state index in [0.29, 0.717) is 6.54 Å². The molecule has 1 fully saturated rings. The van der Waals surface area contributed by atoms with Gasteiger partial charge in [0.1, 0.15) is 5.82 Å². The Bertz CT molecular complexity index is 614. The van der Waals surface area contributed by atoms with Crippen LogP contribution >= 0.6 is 0 Å². The molecule has 4 heteroatoms. The maximum atomic E-state index is 13.3. The van der Waals surface area contributed by atoms with E-state index in [1.165, 1.54) is 37.3 Å². The Balaban J connectivity index is 1.43. The summed E-state index contributed by atoms with van der Waals surface area (Å²) in [5.41, 5.74) is 2.48. The summed E-state index contributed by atoms with van der Waals surface area (Å²) in [5.74, 6) is 0.0452. The number of nitrogens with one attached hydrogen (secondary N) is 1. The molecule has 1 amide bonds. The fourth-order valence-electron chi connectivity index (χ4n) is 3.93. The van der Waals surface area contributed by atoms with E-state index < -0.39 is 0 Å². The normalized spacial score (nSPS) is 21.6. The van der Waals surface area contributed by atoms with Crippen LogP contribution in [0, 0.1) is 11.7 Å². The van der Waals surface area contributed by atoms with Crippen molar-refractivity contribution >= 4 is 5.91 Å². The van der Waals surface area contributed by atoms with Crippen molar-refractivity contribution in [1.29, 1.82) is 0 Å². The second-order valence-corrected chi connectivity index (χ2v) is 7.35. The number of hydrogen-bond acceptors (Lipinski definition) is 2. The van der Waals surface area contributed by atoms with Crippen LogP contribution in [-0.2, 0) is 11.3 Å². The molecule has 1 heterocycles. The second kappa shape index (κ2) is 9.14. The van der Waals surface area contributed by atoms with Crippen LogP contribution in [-0.4, -0.2) is 30.4 Å². The third-order valence-electron chi connectivity index (χ3n) is 5.30. The molecule has 0 aromatic heterocycles. The highest BCUT2D eigenvalue weighted by Crippen LogP contribution is 2.21. The van der Waals surface area contributed by atoms with Gasteiger partial charge in [-0.3, -0.25) is 9.69 Å². The van der Waals surface area contributed by atoms with Crippen molar-refractivity contribution in [2.75, 3.05) is 19.6 Å². The molecule has 3 rings (SSSR count). The molecule has 0 radical (unpaired) electrons. The van der Waals surface area contributed by atoms with Gasteiger partial charge in [-0.2, -0.15) is 0 Å². The van der Waals surface area contributed by atoms with E-state index in [2.05, 4.69) is 16.3 Å². The minimum absolute atomic E-state index is 0.0580. The highest BCUT2D eigenvalue weighted by atomic mass is 19.1. The standard InChI is InChI=1S/C21H29FN2O/c22-20-10-4-8-18(14-20)15-24-13-5-9-19(16-24)21(25)23-12-11-17-6-2-1-3-7-17/h4,6,8,10,14,19H,1-3,5,7,9,11-13,15-16H2,(H,23,25)/t19-/m0/s1. The minimum atomic E-state index is -0.194. The molecule has 3 nitrogen and oxygen atoms in total. The quantitative estimate of drug-likeness (QED) is 0.790. The monoisotopic (exact) mass is 344 g/mol. The van der Waals surface area contributed by atoms with Gasteiger partial charge in [-0.05, 0) is 69.2 Å². The van der Waals surface area contributed by atoms with Crippen molar-refractivity contribution in [1.82, 2.24) is 10.2 Å². The number of hydrogen-bond donors (Lipinski definition) is 1. The van der Waals surface area contributed by atoms with Gasteiger partial charge in [-0.1, -0.05) is 23.8 Å². The lowest BCUT2D eigenvalue weighted by Gasteiger charge is -2.32. The first-order chi connectivity index (χ1) is 12.2. The highest BCUT2D eigenvalue weighted by Gasteiger charge is 2.25. The lowest BCUT2D eigenvalue weighted by atomic mass is 9.95. The van der Waals surface area contributed by atoms with Crippen molar-refractivity contribution in [3.63, 3.8) is 0 Å².